The number of halogens is 2. The van der Waals surface area contributed by atoms with Crippen molar-refractivity contribution in [3.8, 4) is 0 Å². The van der Waals surface area contributed by atoms with Gasteiger partial charge in [-0.3, -0.25) is 9.59 Å². The number of nitrogens with one attached hydrogen (secondary N) is 2. The van der Waals surface area contributed by atoms with E-state index in [0.717, 1.165) is 19.3 Å². The van der Waals surface area contributed by atoms with E-state index >= 15 is 0 Å². The molecule has 0 bridgehead atoms. The Kier molecular flexibility index (Phi) is 8.56. The third kappa shape index (κ3) is 6.99. The molecule has 0 radical (unpaired) electrons. The summed E-state index contributed by atoms with van der Waals surface area (Å²) in [5, 5.41) is 6.40. The van der Waals surface area contributed by atoms with Gasteiger partial charge in [0.25, 0.3) is 0 Å². The lowest BCUT2D eigenvalue weighted by atomic mass is 9.85. The van der Waals surface area contributed by atoms with Crippen molar-refractivity contribution in [3.05, 3.63) is 34.1 Å². The molecule has 3 rings (SSSR count). The van der Waals surface area contributed by atoms with Gasteiger partial charge >= 0.3 is 0 Å². The quantitative estimate of drug-likeness (QED) is 0.462. The average molecular weight is 526 g/mol. The van der Waals surface area contributed by atoms with Crippen molar-refractivity contribution in [1.82, 2.24) is 15.5 Å². The van der Waals surface area contributed by atoms with Crippen LogP contribution in [-0.4, -0.2) is 54.0 Å². The van der Waals surface area contributed by atoms with Gasteiger partial charge in [-0.25, -0.2) is 4.39 Å². The molecule has 2 amide bonds. The summed E-state index contributed by atoms with van der Waals surface area (Å²) < 4.78 is 14.9. The molecule has 33 heavy (non-hydrogen) atoms. The Hall–Kier alpha value is -1.51. The molecule has 2 aliphatic rings. The van der Waals surface area contributed by atoms with Crippen LogP contribution in [0.5, 0.6) is 0 Å². The molecular weight excluding hydrogens is 487 g/mol. The Labute approximate surface area is 205 Å². The molecule has 2 fully saturated rings. The van der Waals surface area contributed by atoms with E-state index in [1.165, 1.54) is 6.07 Å². The molecule has 1 aliphatic carbocycles. The van der Waals surface area contributed by atoms with Crippen molar-refractivity contribution >= 4 is 27.7 Å². The van der Waals surface area contributed by atoms with Crippen LogP contribution in [0.1, 0.15) is 58.9 Å². The van der Waals surface area contributed by atoms with Crippen molar-refractivity contribution in [2.24, 2.45) is 17.1 Å². The van der Waals surface area contributed by atoms with E-state index in [9.17, 15) is 14.0 Å². The number of nitrogens with two attached hydrogens (primary N) is 1. The van der Waals surface area contributed by atoms with Crippen molar-refractivity contribution in [3.63, 3.8) is 0 Å². The Morgan fingerprint density at radius 1 is 1.27 bits per heavy atom. The number of nitrogens with zero attached hydrogens (tertiary/aromatic N) is 1. The van der Waals surface area contributed by atoms with E-state index in [1.807, 2.05) is 27.7 Å². The minimum Gasteiger partial charge on any atom is -0.352 e. The standard InChI is InChI=1S/C25H38BrFN4O2/c1-15(12-17-9-10-18(26)13-19(17)27)30-23(32)21-6-5-11-31(21)24(33)22(25(2,3)4)29-14-20(28)16-7-8-16/h9-10,13,15-16,20-22,29H,5-8,11-12,14,28H2,1-4H3,(H,30,32)/t15?,20?,21-,22+/m0/s1. The molecule has 1 saturated heterocycles. The minimum absolute atomic E-state index is 0.0465. The topological polar surface area (TPSA) is 87.5 Å². The molecule has 4 N–H and O–H groups in total. The Morgan fingerprint density at radius 3 is 2.58 bits per heavy atom. The van der Waals surface area contributed by atoms with Crippen molar-refractivity contribution in [2.75, 3.05) is 13.1 Å². The summed E-state index contributed by atoms with van der Waals surface area (Å²) >= 11 is 3.26. The van der Waals surface area contributed by atoms with Crippen LogP contribution in [0.3, 0.4) is 0 Å². The molecule has 6 nitrogen and oxygen atoms in total. The maximum absolute atomic E-state index is 14.2. The fourth-order valence-corrected chi connectivity index (χ4v) is 4.92. The van der Waals surface area contributed by atoms with Crippen LogP contribution in [0.2, 0.25) is 0 Å². The molecule has 184 valence electrons. The molecule has 1 heterocycles. The van der Waals surface area contributed by atoms with Crippen molar-refractivity contribution in [2.45, 2.75) is 84.0 Å². The fraction of sp³-hybridized carbons (Fsp3) is 0.680. The normalized spacial score (nSPS) is 21.5. The van der Waals surface area contributed by atoms with Gasteiger partial charge in [0, 0.05) is 29.6 Å². The monoisotopic (exact) mass is 524 g/mol. The van der Waals surface area contributed by atoms with E-state index in [-0.39, 0.29) is 35.1 Å². The zero-order valence-electron chi connectivity index (χ0n) is 20.2. The van der Waals surface area contributed by atoms with Gasteiger partial charge in [-0.05, 0) is 68.1 Å². The first kappa shape index (κ1) is 26.1. The van der Waals surface area contributed by atoms with E-state index in [2.05, 4.69) is 26.6 Å². The van der Waals surface area contributed by atoms with Gasteiger partial charge in [-0.1, -0.05) is 42.8 Å². The largest absolute Gasteiger partial charge is 0.352 e. The maximum atomic E-state index is 14.2. The summed E-state index contributed by atoms with van der Waals surface area (Å²) in [6.07, 6.45) is 4.13. The first-order valence-corrected chi connectivity index (χ1v) is 12.8. The van der Waals surface area contributed by atoms with Gasteiger partial charge in [0.1, 0.15) is 11.9 Å². The van der Waals surface area contributed by atoms with Gasteiger partial charge in [-0.2, -0.15) is 0 Å². The first-order chi connectivity index (χ1) is 15.5. The average Bonchev–Trinajstić information content (AvgIpc) is 3.45. The van der Waals surface area contributed by atoms with Crippen LogP contribution < -0.4 is 16.4 Å². The number of carbonyl (C=O) groups excluding carboxylic acids is 2. The molecular formula is C25H38BrFN4O2. The van der Waals surface area contributed by atoms with Gasteiger partial charge in [0.05, 0.1) is 6.04 Å². The lowest BCUT2D eigenvalue weighted by Crippen LogP contribution is -2.58. The third-order valence-electron chi connectivity index (χ3n) is 6.67. The van der Waals surface area contributed by atoms with E-state index < -0.39 is 12.1 Å². The molecule has 1 aliphatic heterocycles. The number of benzene rings is 1. The Bertz CT molecular complexity index is 855. The zero-order valence-corrected chi connectivity index (χ0v) is 21.8. The number of hydrogen-bond acceptors (Lipinski definition) is 4. The second kappa shape index (κ2) is 10.8. The maximum Gasteiger partial charge on any atom is 0.243 e. The van der Waals surface area contributed by atoms with E-state index in [0.29, 0.717) is 41.9 Å². The SMILES string of the molecule is CC(Cc1ccc(Br)cc1F)NC(=O)[C@@H]1CCCN1C(=O)[C@@H](NCC(N)C1CC1)C(C)(C)C. The lowest BCUT2D eigenvalue weighted by Gasteiger charge is -2.36. The molecule has 0 aromatic heterocycles. The van der Waals surface area contributed by atoms with Gasteiger partial charge in [-0.15, -0.1) is 0 Å². The number of likely N-dealkylation sites (tertiary alicyclic amines) is 1. The van der Waals surface area contributed by atoms with Crippen LogP contribution >= 0.6 is 15.9 Å². The number of amides is 2. The highest BCUT2D eigenvalue weighted by atomic mass is 79.9. The van der Waals surface area contributed by atoms with Crippen LogP contribution in [-0.2, 0) is 16.0 Å². The van der Waals surface area contributed by atoms with Crippen molar-refractivity contribution in [1.29, 1.82) is 0 Å². The summed E-state index contributed by atoms with van der Waals surface area (Å²) in [5.74, 6) is 0.0326. The minimum atomic E-state index is -0.501. The van der Waals surface area contributed by atoms with Gasteiger partial charge in [0.2, 0.25) is 11.8 Å². The molecule has 2 unspecified atom stereocenters. The smallest absolute Gasteiger partial charge is 0.243 e. The highest BCUT2D eigenvalue weighted by Gasteiger charge is 2.41. The fourth-order valence-electron chi connectivity index (χ4n) is 4.58. The molecule has 8 heteroatoms. The second-order valence-electron chi connectivity index (χ2n) is 10.7. The number of hydrogen-bond donors (Lipinski definition) is 3. The van der Waals surface area contributed by atoms with Crippen molar-refractivity contribution < 1.29 is 14.0 Å². The number of carbonyl (C=O) groups is 2. The predicted octanol–water partition coefficient (Wildman–Crippen LogP) is 3.37. The summed E-state index contributed by atoms with van der Waals surface area (Å²) in [5.41, 5.74) is 6.50. The van der Waals surface area contributed by atoms with Crippen LogP contribution in [0.15, 0.2) is 22.7 Å². The van der Waals surface area contributed by atoms with Gasteiger partial charge < -0.3 is 21.3 Å². The highest BCUT2D eigenvalue weighted by Crippen LogP contribution is 2.32. The molecule has 1 saturated carbocycles. The molecule has 0 spiro atoms. The lowest BCUT2D eigenvalue weighted by molar-refractivity contribution is -0.142. The zero-order chi connectivity index (χ0) is 24.3. The summed E-state index contributed by atoms with van der Waals surface area (Å²) in [7, 11) is 0. The molecule has 1 aromatic rings. The van der Waals surface area contributed by atoms with Crippen LogP contribution in [0.25, 0.3) is 0 Å². The Morgan fingerprint density at radius 2 is 1.97 bits per heavy atom. The van der Waals surface area contributed by atoms with E-state index in [1.54, 1.807) is 17.0 Å². The first-order valence-electron chi connectivity index (χ1n) is 12.0. The predicted molar refractivity (Wildman–Crippen MR) is 132 cm³/mol. The van der Waals surface area contributed by atoms with Crippen LogP contribution in [0, 0.1) is 17.2 Å². The van der Waals surface area contributed by atoms with Gasteiger partial charge in [0.15, 0.2) is 0 Å². The summed E-state index contributed by atoms with van der Waals surface area (Å²) in [6, 6.07) is 3.83. The third-order valence-corrected chi connectivity index (χ3v) is 7.16. The number of rotatable bonds is 9. The Balaban J connectivity index is 1.62. The summed E-state index contributed by atoms with van der Waals surface area (Å²) in [6.45, 7) is 9.12. The highest BCUT2D eigenvalue weighted by molar-refractivity contribution is 9.10. The summed E-state index contributed by atoms with van der Waals surface area (Å²) in [4.78, 5) is 28.4. The van der Waals surface area contributed by atoms with Crippen LogP contribution in [0.4, 0.5) is 4.39 Å². The molecule has 1 aromatic carbocycles. The van der Waals surface area contributed by atoms with E-state index in [4.69, 9.17) is 5.73 Å². The second-order valence-corrected chi connectivity index (χ2v) is 11.7. The molecule has 4 atom stereocenters.